The van der Waals surface area contributed by atoms with Crippen LogP contribution in [-0.4, -0.2) is 41.6 Å². The molecule has 0 spiro atoms. The van der Waals surface area contributed by atoms with Gasteiger partial charge >= 0.3 is 0 Å². The van der Waals surface area contributed by atoms with E-state index in [4.69, 9.17) is 4.74 Å². The van der Waals surface area contributed by atoms with Gasteiger partial charge in [0.2, 0.25) is 5.91 Å². The molecule has 3 heterocycles. The van der Waals surface area contributed by atoms with Crippen molar-refractivity contribution in [2.24, 2.45) is 0 Å². The molecule has 4 heteroatoms. The first-order valence-electron chi connectivity index (χ1n) is 8.46. The Hall–Kier alpha value is -2.07. The largest absolute Gasteiger partial charge is 0.378 e. The molecule has 2 aromatic rings. The number of H-pyrrole nitrogens is 1. The second-order valence-electron chi connectivity index (χ2n) is 6.41. The summed E-state index contributed by atoms with van der Waals surface area (Å²) >= 11 is 0. The summed E-state index contributed by atoms with van der Waals surface area (Å²) in [6, 6.07) is 8.36. The fourth-order valence-electron chi connectivity index (χ4n) is 3.61. The Balaban J connectivity index is 1.45. The van der Waals surface area contributed by atoms with Gasteiger partial charge < -0.3 is 14.6 Å². The Morgan fingerprint density at radius 3 is 3.04 bits per heavy atom. The number of aromatic amines is 1. The fraction of sp³-hybridized carbons (Fsp3) is 0.421. The summed E-state index contributed by atoms with van der Waals surface area (Å²) in [6.45, 7) is 2.32. The van der Waals surface area contributed by atoms with Crippen molar-refractivity contribution < 1.29 is 9.53 Å². The van der Waals surface area contributed by atoms with Gasteiger partial charge in [0.1, 0.15) is 0 Å². The highest BCUT2D eigenvalue weighted by molar-refractivity contribution is 5.93. The van der Waals surface area contributed by atoms with Gasteiger partial charge in [0.05, 0.1) is 12.5 Å². The van der Waals surface area contributed by atoms with E-state index in [2.05, 4.69) is 35.5 Å². The third-order valence-electron chi connectivity index (χ3n) is 4.92. The molecule has 1 unspecified atom stereocenters. The van der Waals surface area contributed by atoms with Crippen molar-refractivity contribution >= 4 is 22.4 Å². The van der Waals surface area contributed by atoms with Crippen molar-refractivity contribution in [3.63, 3.8) is 0 Å². The molecular formula is C19H22N2O2. The monoisotopic (exact) mass is 310 g/mol. The smallest absolute Gasteiger partial charge is 0.225 e. The predicted octanol–water partition coefficient (Wildman–Crippen LogP) is 3.35. The SMILES string of the molecule is O=C(CC1CCCO1)N1CC=C(c2c[nH]c3ccccc23)CC1. The predicted molar refractivity (Wildman–Crippen MR) is 91.1 cm³/mol. The Kier molecular flexibility index (Phi) is 3.92. The third-order valence-corrected chi connectivity index (χ3v) is 4.92. The molecule has 1 amide bonds. The first-order valence-corrected chi connectivity index (χ1v) is 8.46. The summed E-state index contributed by atoms with van der Waals surface area (Å²) in [5, 5.41) is 1.26. The third kappa shape index (κ3) is 2.91. The number of para-hydroxylation sites is 1. The van der Waals surface area contributed by atoms with Crippen LogP contribution >= 0.6 is 0 Å². The minimum absolute atomic E-state index is 0.140. The van der Waals surface area contributed by atoms with Gasteiger partial charge in [-0.25, -0.2) is 0 Å². The number of hydrogen-bond acceptors (Lipinski definition) is 2. The Morgan fingerprint density at radius 2 is 2.26 bits per heavy atom. The molecule has 2 aliphatic rings. The summed E-state index contributed by atoms with van der Waals surface area (Å²) in [6.07, 6.45) is 7.99. The summed E-state index contributed by atoms with van der Waals surface area (Å²) in [7, 11) is 0. The lowest BCUT2D eigenvalue weighted by Gasteiger charge is -2.27. The van der Waals surface area contributed by atoms with Crippen molar-refractivity contribution in [3.8, 4) is 0 Å². The maximum absolute atomic E-state index is 12.4. The molecule has 23 heavy (non-hydrogen) atoms. The zero-order valence-electron chi connectivity index (χ0n) is 13.3. The van der Waals surface area contributed by atoms with E-state index in [1.807, 2.05) is 11.0 Å². The Morgan fingerprint density at radius 1 is 1.35 bits per heavy atom. The maximum Gasteiger partial charge on any atom is 0.225 e. The first kappa shape index (κ1) is 14.5. The molecule has 0 bridgehead atoms. The number of aromatic nitrogens is 1. The molecule has 1 aromatic carbocycles. The van der Waals surface area contributed by atoms with E-state index in [0.29, 0.717) is 13.0 Å². The van der Waals surface area contributed by atoms with Crippen molar-refractivity contribution in [2.45, 2.75) is 31.8 Å². The van der Waals surface area contributed by atoms with Crippen LogP contribution in [0.2, 0.25) is 0 Å². The normalized spacial score (nSPS) is 21.7. The Bertz CT molecular complexity index is 741. The molecule has 1 atom stereocenters. The molecule has 4 nitrogen and oxygen atoms in total. The van der Waals surface area contributed by atoms with Crippen LogP contribution in [0.4, 0.5) is 0 Å². The molecule has 0 radical (unpaired) electrons. The molecule has 1 saturated heterocycles. The Labute approximate surface area is 136 Å². The highest BCUT2D eigenvalue weighted by atomic mass is 16.5. The molecule has 1 N–H and O–H groups in total. The van der Waals surface area contributed by atoms with Gasteiger partial charge in [-0.15, -0.1) is 0 Å². The van der Waals surface area contributed by atoms with Crippen LogP contribution in [0.5, 0.6) is 0 Å². The zero-order chi connectivity index (χ0) is 15.6. The van der Waals surface area contributed by atoms with Gasteiger partial charge in [-0.3, -0.25) is 4.79 Å². The van der Waals surface area contributed by atoms with Crippen LogP contribution < -0.4 is 0 Å². The molecule has 4 rings (SSSR count). The van der Waals surface area contributed by atoms with E-state index in [1.165, 1.54) is 22.0 Å². The van der Waals surface area contributed by atoms with Crippen LogP contribution in [0.25, 0.3) is 16.5 Å². The molecule has 1 aromatic heterocycles. The second kappa shape index (κ2) is 6.20. The molecular weight excluding hydrogens is 288 g/mol. The quantitative estimate of drug-likeness (QED) is 0.945. The lowest BCUT2D eigenvalue weighted by atomic mass is 9.98. The summed E-state index contributed by atoms with van der Waals surface area (Å²) in [5.41, 5.74) is 3.77. The molecule has 0 saturated carbocycles. The topological polar surface area (TPSA) is 45.3 Å². The molecule has 2 aliphatic heterocycles. The molecule has 0 aliphatic carbocycles. The van der Waals surface area contributed by atoms with E-state index < -0.39 is 0 Å². The number of ether oxygens (including phenoxy) is 1. The standard InChI is InChI=1S/C19H22N2O2/c22-19(12-15-4-3-11-23-15)21-9-7-14(8-10-21)17-13-20-18-6-2-1-5-16(17)18/h1-2,5-7,13,15,20H,3-4,8-12H2. The van der Waals surface area contributed by atoms with Crippen LogP contribution in [0.3, 0.4) is 0 Å². The van der Waals surface area contributed by atoms with Crippen LogP contribution in [0.15, 0.2) is 36.5 Å². The number of amides is 1. The number of fused-ring (bicyclic) bond motifs is 1. The van der Waals surface area contributed by atoms with E-state index in [-0.39, 0.29) is 12.0 Å². The zero-order valence-corrected chi connectivity index (χ0v) is 13.3. The number of carbonyl (C=O) groups excluding carboxylic acids is 1. The van der Waals surface area contributed by atoms with Crippen molar-refractivity contribution in [1.82, 2.24) is 9.88 Å². The van der Waals surface area contributed by atoms with E-state index >= 15 is 0 Å². The summed E-state index contributed by atoms with van der Waals surface area (Å²) < 4.78 is 5.58. The van der Waals surface area contributed by atoms with Crippen LogP contribution in [-0.2, 0) is 9.53 Å². The van der Waals surface area contributed by atoms with Gasteiger partial charge in [0, 0.05) is 42.4 Å². The van der Waals surface area contributed by atoms with Crippen LogP contribution in [0, 0.1) is 0 Å². The average Bonchev–Trinajstić information content (AvgIpc) is 3.24. The van der Waals surface area contributed by atoms with Crippen molar-refractivity contribution in [2.75, 3.05) is 19.7 Å². The van der Waals surface area contributed by atoms with Gasteiger partial charge in [-0.2, -0.15) is 0 Å². The number of rotatable bonds is 3. The second-order valence-corrected chi connectivity index (χ2v) is 6.41. The average molecular weight is 310 g/mol. The van der Waals surface area contributed by atoms with Gasteiger partial charge in [0.15, 0.2) is 0 Å². The highest BCUT2D eigenvalue weighted by Crippen LogP contribution is 2.29. The van der Waals surface area contributed by atoms with Crippen molar-refractivity contribution in [3.05, 3.63) is 42.1 Å². The number of carbonyl (C=O) groups is 1. The maximum atomic E-state index is 12.4. The van der Waals surface area contributed by atoms with Gasteiger partial charge in [0.25, 0.3) is 0 Å². The van der Waals surface area contributed by atoms with Gasteiger partial charge in [-0.05, 0) is 30.9 Å². The summed E-state index contributed by atoms with van der Waals surface area (Å²) in [4.78, 5) is 17.7. The summed E-state index contributed by atoms with van der Waals surface area (Å²) in [5.74, 6) is 0.228. The number of nitrogens with zero attached hydrogens (tertiary/aromatic N) is 1. The number of benzene rings is 1. The lowest BCUT2D eigenvalue weighted by Crippen LogP contribution is -2.36. The minimum Gasteiger partial charge on any atom is -0.378 e. The number of nitrogens with one attached hydrogen (secondary N) is 1. The number of hydrogen-bond donors (Lipinski definition) is 1. The van der Waals surface area contributed by atoms with Crippen LogP contribution in [0.1, 0.15) is 31.2 Å². The van der Waals surface area contributed by atoms with E-state index in [1.54, 1.807) is 0 Å². The fourth-order valence-corrected chi connectivity index (χ4v) is 3.61. The minimum atomic E-state index is 0.140. The lowest BCUT2D eigenvalue weighted by molar-refractivity contribution is -0.133. The molecule has 1 fully saturated rings. The van der Waals surface area contributed by atoms with E-state index in [9.17, 15) is 4.79 Å². The van der Waals surface area contributed by atoms with E-state index in [0.717, 1.165) is 32.4 Å². The highest BCUT2D eigenvalue weighted by Gasteiger charge is 2.24. The van der Waals surface area contributed by atoms with Crippen molar-refractivity contribution in [1.29, 1.82) is 0 Å². The first-order chi connectivity index (χ1) is 11.3. The molecule has 120 valence electrons. The van der Waals surface area contributed by atoms with Gasteiger partial charge in [-0.1, -0.05) is 24.3 Å².